The van der Waals surface area contributed by atoms with Gasteiger partial charge in [-0.1, -0.05) is 13.8 Å². The van der Waals surface area contributed by atoms with Gasteiger partial charge in [0.1, 0.15) is 0 Å². The van der Waals surface area contributed by atoms with Gasteiger partial charge in [-0.15, -0.1) is 0 Å². The first-order chi connectivity index (χ1) is 5.39. The molecule has 12 heavy (non-hydrogen) atoms. The molecule has 0 rings (SSSR count). The van der Waals surface area contributed by atoms with E-state index >= 15 is 0 Å². The van der Waals surface area contributed by atoms with Crippen LogP contribution >= 0.6 is 0 Å². The third kappa shape index (κ3) is 4.73. The van der Waals surface area contributed by atoms with Crippen molar-refractivity contribution in [1.29, 1.82) is 0 Å². The molecule has 0 atom stereocenters. The SMILES string of the molecule is CCC(C)(CN(C)C)CN(C)C. The van der Waals surface area contributed by atoms with Gasteiger partial charge in [0.05, 0.1) is 0 Å². The Hall–Kier alpha value is -0.0800. The summed E-state index contributed by atoms with van der Waals surface area (Å²) in [6.45, 7) is 6.96. The summed E-state index contributed by atoms with van der Waals surface area (Å²) < 4.78 is 0. The van der Waals surface area contributed by atoms with Gasteiger partial charge in [0.2, 0.25) is 0 Å². The van der Waals surface area contributed by atoms with Gasteiger partial charge in [-0.3, -0.25) is 0 Å². The molecule has 0 fully saturated rings. The third-order valence-corrected chi connectivity index (χ3v) is 2.25. The van der Waals surface area contributed by atoms with E-state index in [-0.39, 0.29) is 0 Å². The van der Waals surface area contributed by atoms with Gasteiger partial charge in [-0.05, 0) is 40.0 Å². The quantitative estimate of drug-likeness (QED) is 0.620. The average molecular weight is 172 g/mol. The summed E-state index contributed by atoms with van der Waals surface area (Å²) in [5.41, 5.74) is 0.438. The Bertz CT molecular complexity index is 109. The second kappa shape index (κ2) is 4.83. The summed E-state index contributed by atoms with van der Waals surface area (Å²) >= 11 is 0. The van der Waals surface area contributed by atoms with Crippen LogP contribution in [0, 0.1) is 5.41 Å². The summed E-state index contributed by atoms with van der Waals surface area (Å²) in [6, 6.07) is 0. The van der Waals surface area contributed by atoms with E-state index in [0.29, 0.717) is 5.41 Å². The lowest BCUT2D eigenvalue weighted by molar-refractivity contribution is 0.157. The number of hydrogen-bond acceptors (Lipinski definition) is 2. The Balaban J connectivity index is 4.04. The van der Waals surface area contributed by atoms with E-state index in [2.05, 4.69) is 51.8 Å². The molecule has 0 spiro atoms. The van der Waals surface area contributed by atoms with Crippen molar-refractivity contribution in [2.24, 2.45) is 5.41 Å². The molecule has 0 aromatic carbocycles. The Labute approximate surface area is 77.5 Å². The minimum Gasteiger partial charge on any atom is -0.309 e. The molecule has 0 radical (unpaired) electrons. The standard InChI is InChI=1S/C10H24N2/c1-7-10(2,8-11(3)4)9-12(5)6/h7-9H2,1-6H3. The number of hydrogen-bond donors (Lipinski definition) is 0. The lowest BCUT2D eigenvalue weighted by atomic mass is 9.86. The van der Waals surface area contributed by atoms with Crippen LogP contribution in [0.25, 0.3) is 0 Å². The molecule has 74 valence electrons. The maximum atomic E-state index is 2.35. The average Bonchev–Trinajstić information content (AvgIpc) is 1.83. The molecule has 0 saturated heterocycles. The molecule has 0 aromatic heterocycles. The Morgan fingerprint density at radius 1 is 0.917 bits per heavy atom. The molecule has 0 N–H and O–H groups in total. The van der Waals surface area contributed by atoms with Crippen molar-refractivity contribution >= 4 is 0 Å². The predicted octanol–water partition coefficient (Wildman–Crippen LogP) is 1.53. The summed E-state index contributed by atoms with van der Waals surface area (Å²) in [4.78, 5) is 4.54. The highest BCUT2D eigenvalue weighted by Gasteiger charge is 2.23. The van der Waals surface area contributed by atoms with Gasteiger partial charge >= 0.3 is 0 Å². The van der Waals surface area contributed by atoms with Crippen LogP contribution in [0.3, 0.4) is 0 Å². The monoisotopic (exact) mass is 172 g/mol. The summed E-state index contributed by atoms with van der Waals surface area (Å²) in [6.07, 6.45) is 1.24. The van der Waals surface area contributed by atoms with E-state index in [1.807, 2.05) is 0 Å². The van der Waals surface area contributed by atoms with E-state index in [1.165, 1.54) is 19.5 Å². The molecule has 0 heterocycles. The predicted molar refractivity (Wildman–Crippen MR) is 55.5 cm³/mol. The zero-order valence-electron chi connectivity index (χ0n) is 9.52. The molecular weight excluding hydrogens is 148 g/mol. The van der Waals surface area contributed by atoms with Gasteiger partial charge in [-0.25, -0.2) is 0 Å². The van der Waals surface area contributed by atoms with Crippen LogP contribution in [0.1, 0.15) is 20.3 Å². The van der Waals surface area contributed by atoms with Gasteiger partial charge < -0.3 is 9.80 Å². The van der Waals surface area contributed by atoms with Crippen LogP contribution in [0.4, 0.5) is 0 Å². The van der Waals surface area contributed by atoms with Crippen LogP contribution in [0.5, 0.6) is 0 Å². The summed E-state index contributed by atoms with van der Waals surface area (Å²) in [5.74, 6) is 0. The third-order valence-electron chi connectivity index (χ3n) is 2.25. The van der Waals surface area contributed by atoms with Crippen molar-refractivity contribution in [1.82, 2.24) is 9.80 Å². The van der Waals surface area contributed by atoms with E-state index in [0.717, 1.165) is 0 Å². The molecule has 0 bridgehead atoms. The minimum absolute atomic E-state index is 0.438. The molecule has 2 heteroatoms. The second-order valence-corrected chi connectivity index (χ2v) is 4.64. The van der Waals surface area contributed by atoms with Crippen molar-refractivity contribution in [3.05, 3.63) is 0 Å². The molecule has 0 aliphatic rings. The first-order valence-corrected chi connectivity index (χ1v) is 4.69. The normalized spacial score (nSPS) is 13.0. The maximum absolute atomic E-state index is 2.35. The zero-order chi connectivity index (χ0) is 9.78. The molecule has 0 saturated carbocycles. The highest BCUT2D eigenvalue weighted by molar-refractivity contribution is 4.77. The molecule has 0 aromatic rings. The van der Waals surface area contributed by atoms with Crippen LogP contribution < -0.4 is 0 Å². The maximum Gasteiger partial charge on any atom is 0.00414 e. The Morgan fingerprint density at radius 2 is 1.25 bits per heavy atom. The summed E-state index contributed by atoms with van der Waals surface area (Å²) in [5, 5.41) is 0. The van der Waals surface area contributed by atoms with Crippen molar-refractivity contribution in [2.45, 2.75) is 20.3 Å². The molecule has 2 nitrogen and oxygen atoms in total. The first-order valence-electron chi connectivity index (χ1n) is 4.69. The van der Waals surface area contributed by atoms with E-state index in [4.69, 9.17) is 0 Å². The fourth-order valence-corrected chi connectivity index (χ4v) is 1.80. The zero-order valence-corrected chi connectivity index (χ0v) is 9.52. The molecule has 0 aliphatic carbocycles. The van der Waals surface area contributed by atoms with E-state index in [1.54, 1.807) is 0 Å². The molecular formula is C10H24N2. The highest BCUT2D eigenvalue weighted by atomic mass is 15.1. The van der Waals surface area contributed by atoms with Gasteiger partial charge in [-0.2, -0.15) is 0 Å². The van der Waals surface area contributed by atoms with Gasteiger partial charge in [0, 0.05) is 13.1 Å². The second-order valence-electron chi connectivity index (χ2n) is 4.64. The Kier molecular flexibility index (Phi) is 4.80. The van der Waals surface area contributed by atoms with Crippen LogP contribution in [-0.4, -0.2) is 51.1 Å². The molecule has 0 amide bonds. The van der Waals surface area contributed by atoms with Crippen LogP contribution in [-0.2, 0) is 0 Å². The lowest BCUT2D eigenvalue weighted by Gasteiger charge is -2.33. The number of rotatable bonds is 5. The van der Waals surface area contributed by atoms with Crippen LogP contribution in [0.2, 0.25) is 0 Å². The smallest absolute Gasteiger partial charge is 0.00414 e. The minimum atomic E-state index is 0.438. The number of nitrogens with zero attached hydrogens (tertiary/aromatic N) is 2. The first kappa shape index (κ1) is 11.9. The largest absolute Gasteiger partial charge is 0.309 e. The Morgan fingerprint density at radius 3 is 1.42 bits per heavy atom. The van der Waals surface area contributed by atoms with Crippen molar-refractivity contribution in [3.8, 4) is 0 Å². The van der Waals surface area contributed by atoms with Gasteiger partial charge in [0.15, 0.2) is 0 Å². The fraction of sp³-hybridized carbons (Fsp3) is 1.00. The molecule has 0 aliphatic heterocycles. The van der Waals surface area contributed by atoms with Crippen LogP contribution in [0.15, 0.2) is 0 Å². The topological polar surface area (TPSA) is 6.48 Å². The fourth-order valence-electron chi connectivity index (χ4n) is 1.80. The van der Waals surface area contributed by atoms with Gasteiger partial charge in [0.25, 0.3) is 0 Å². The summed E-state index contributed by atoms with van der Waals surface area (Å²) in [7, 11) is 8.57. The highest BCUT2D eigenvalue weighted by Crippen LogP contribution is 2.22. The lowest BCUT2D eigenvalue weighted by Crippen LogP contribution is -2.38. The van der Waals surface area contributed by atoms with Crippen molar-refractivity contribution in [3.63, 3.8) is 0 Å². The van der Waals surface area contributed by atoms with E-state index in [9.17, 15) is 0 Å². The van der Waals surface area contributed by atoms with Crippen molar-refractivity contribution < 1.29 is 0 Å². The van der Waals surface area contributed by atoms with Crippen molar-refractivity contribution in [2.75, 3.05) is 41.3 Å². The van der Waals surface area contributed by atoms with E-state index < -0.39 is 0 Å². The molecule has 0 unspecified atom stereocenters.